The van der Waals surface area contributed by atoms with Crippen LogP contribution in [0.1, 0.15) is 20.3 Å². The van der Waals surface area contributed by atoms with E-state index in [1.165, 1.54) is 0 Å². The molecule has 66 valence electrons. The van der Waals surface area contributed by atoms with Gasteiger partial charge in [-0.05, 0) is 19.9 Å². The summed E-state index contributed by atoms with van der Waals surface area (Å²) in [6.07, 6.45) is 0.775. The molecule has 4 heteroatoms. The van der Waals surface area contributed by atoms with Crippen molar-refractivity contribution in [2.45, 2.75) is 31.6 Å². The molecule has 0 bridgehead atoms. The summed E-state index contributed by atoms with van der Waals surface area (Å²) in [5.41, 5.74) is 0. The molecule has 1 rings (SSSR count). The number of hydrogen-bond acceptors (Lipinski definition) is 3. The first-order chi connectivity index (χ1) is 5.08. The zero-order valence-corrected chi connectivity index (χ0v) is 7.82. The van der Waals surface area contributed by atoms with Crippen LogP contribution in [0.15, 0.2) is 0 Å². The second kappa shape index (κ2) is 3.11. The standard InChI is InChI=1S/C7H15NO2S/c1-3-8-7-4-5-11(9,10)6(7)2/h6-8H,3-5H2,1-2H3. The van der Waals surface area contributed by atoms with Gasteiger partial charge in [0.2, 0.25) is 0 Å². The highest BCUT2D eigenvalue weighted by Gasteiger charge is 2.35. The van der Waals surface area contributed by atoms with Crippen molar-refractivity contribution < 1.29 is 8.42 Å². The van der Waals surface area contributed by atoms with Crippen LogP contribution in [0.5, 0.6) is 0 Å². The van der Waals surface area contributed by atoms with Crippen molar-refractivity contribution in [2.24, 2.45) is 0 Å². The summed E-state index contributed by atoms with van der Waals surface area (Å²) < 4.78 is 22.4. The molecule has 3 nitrogen and oxygen atoms in total. The molecule has 11 heavy (non-hydrogen) atoms. The highest BCUT2D eigenvalue weighted by Crippen LogP contribution is 2.19. The van der Waals surface area contributed by atoms with E-state index in [1.54, 1.807) is 6.92 Å². The Morgan fingerprint density at radius 3 is 2.55 bits per heavy atom. The van der Waals surface area contributed by atoms with E-state index in [-0.39, 0.29) is 11.3 Å². The van der Waals surface area contributed by atoms with E-state index in [1.807, 2.05) is 6.92 Å². The Kier molecular flexibility index (Phi) is 2.54. The number of sulfone groups is 1. The maximum atomic E-state index is 11.2. The lowest BCUT2D eigenvalue weighted by molar-refractivity contribution is 0.520. The van der Waals surface area contributed by atoms with Gasteiger partial charge in [-0.15, -0.1) is 0 Å². The van der Waals surface area contributed by atoms with Crippen LogP contribution in [-0.4, -0.2) is 32.0 Å². The van der Waals surface area contributed by atoms with E-state index in [9.17, 15) is 8.42 Å². The first-order valence-corrected chi connectivity index (χ1v) is 5.74. The molecule has 1 saturated heterocycles. The number of nitrogens with one attached hydrogen (secondary N) is 1. The zero-order valence-electron chi connectivity index (χ0n) is 7.00. The molecule has 1 N–H and O–H groups in total. The topological polar surface area (TPSA) is 46.2 Å². The van der Waals surface area contributed by atoms with Crippen LogP contribution in [0.2, 0.25) is 0 Å². The van der Waals surface area contributed by atoms with Crippen molar-refractivity contribution >= 4 is 9.84 Å². The molecule has 0 saturated carbocycles. The van der Waals surface area contributed by atoms with Crippen LogP contribution in [-0.2, 0) is 9.84 Å². The van der Waals surface area contributed by atoms with Gasteiger partial charge in [0, 0.05) is 6.04 Å². The molecule has 1 fully saturated rings. The Labute approximate surface area is 68.1 Å². The number of rotatable bonds is 2. The molecule has 0 radical (unpaired) electrons. The summed E-state index contributed by atoms with van der Waals surface area (Å²) in [5.74, 6) is 0.353. The van der Waals surface area contributed by atoms with Gasteiger partial charge in [0.15, 0.2) is 9.84 Å². The van der Waals surface area contributed by atoms with E-state index in [0.29, 0.717) is 5.75 Å². The van der Waals surface area contributed by atoms with E-state index < -0.39 is 9.84 Å². The first kappa shape index (κ1) is 9.00. The molecule has 2 unspecified atom stereocenters. The average Bonchev–Trinajstić information content (AvgIpc) is 2.17. The van der Waals surface area contributed by atoms with Crippen molar-refractivity contribution in [3.63, 3.8) is 0 Å². The fourth-order valence-electron chi connectivity index (χ4n) is 1.49. The Hall–Kier alpha value is -0.0900. The molecule has 0 aromatic rings. The lowest BCUT2D eigenvalue weighted by Gasteiger charge is -2.13. The first-order valence-electron chi connectivity index (χ1n) is 4.03. The summed E-state index contributed by atoms with van der Waals surface area (Å²) in [6, 6.07) is 0.185. The van der Waals surface area contributed by atoms with E-state index in [4.69, 9.17) is 0 Å². The summed E-state index contributed by atoms with van der Waals surface area (Å²) in [6.45, 7) is 4.64. The van der Waals surface area contributed by atoms with Crippen molar-refractivity contribution in [2.75, 3.05) is 12.3 Å². The minimum Gasteiger partial charge on any atom is -0.313 e. The Morgan fingerprint density at radius 2 is 2.18 bits per heavy atom. The molecule has 0 spiro atoms. The van der Waals surface area contributed by atoms with Crippen molar-refractivity contribution in [1.82, 2.24) is 5.32 Å². The smallest absolute Gasteiger partial charge is 0.154 e. The van der Waals surface area contributed by atoms with Gasteiger partial charge in [-0.1, -0.05) is 6.92 Å². The molecular weight excluding hydrogens is 162 g/mol. The quantitative estimate of drug-likeness (QED) is 0.654. The van der Waals surface area contributed by atoms with E-state index >= 15 is 0 Å². The molecule has 1 aliphatic rings. The predicted octanol–water partition coefficient (Wildman–Crippen LogP) is 0.172. The average molecular weight is 177 g/mol. The van der Waals surface area contributed by atoms with Gasteiger partial charge < -0.3 is 5.32 Å². The molecular formula is C7H15NO2S. The van der Waals surface area contributed by atoms with Gasteiger partial charge in [0.1, 0.15) is 0 Å². The Balaban J connectivity index is 2.64. The fraction of sp³-hybridized carbons (Fsp3) is 1.00. The maximum Gasteiger partial charge on any atom is 0.154 e. The molecule has 0 aliphatic carbocycles. The molecule has 0 aromatic heterocycles. The van der Waals surface area contributed by atoms with Crippen LogP contribution in [0.4, 0.5) is 0 Å². The largest absolute Gasteiger partial charge is 0.313 e. The second-order valence-corrected chi connectivity index (χ2v) is 5.50. The Morgan fingerprint density at radius 1 is 1.55 bits per heavy atom. The molecule has 1 aliphatic heterocycles. The fourth-order valence-corrected chi connectivity index (χ4v) is 3.18. The lowest BCUT2D eigenvalue weighted by Crippen LogP contribution is -2.36. The van der Waals surface area contributed by atoms with Crippen molar-refractivity contribution in [3.8, 4) is 0 Å². The highest BCUT2D eigenvalue weighted by atomic mass is 32.2. The summed E-state index contributed by atoms with van der Waals surface area (Å²) in [5, 5.41) is 2.98. The third-order valence-electron chi connectivity index (χ3n) is 2.31. The third-order valence-corrected chi connectivity index (χ3v) is 4.58. The van der Waals surface area contributed by atoms with Crippen LogP contribution < -0.4 is 5.32 Å². The van der Waals surface area contributed by atoms with Gasteiger partial charge >= 0.3 is 0 Å². The predicted molar refractivity (Wildman–Crippen MR) is 45.3 cm³/mol. The summed E-state index contributed by atoms with van der Waals surface area (Å²) >= 11 is 0. The Bertz CT molecular complexity index is 223. The van der Waals surface area contributed by atoms with Gasteiger partial charge in [0.05, 0.1) is 11.0 Å². The monoisotopic (exact) mass is 177 g/mol. The molecule has 0 aromatic carbocycles. The maximum absolute atomic E-state index is 11.2. The van der Waals surface area contributed by atoms with Crippen LogP contribution in [0.25, 0.3) is 0 Å². The summed E-state index contributed by atoms with van der Waals surface area (Å²) in [4.78, 5) is 0. The zero-order chi connectivity index (χ0) is 8.48. The van der Waals surface area contributed by atoms with Gasteiger partial charge in [-0.2, -0.15) is 0 Å². The SMILES string of the molecule is CCNC1CCS(=O)(=O)C1C. The van der Waals surface area contributed by atoms with Crippen LogP contribution in [0.3, 0.4) is 0 Å². The lowest BCUT2D eigenvalue weighted by atomic mass is 10.2. The van der Waals surface area contributed by atoms with Gasteiger partial charge in [-0.3, -0.25) is 0 Å². The van der Waals surface area contributed by atoms with Crippen molar-refractivity contribution in [1.29, 1.82) is 0 Å². The van der Waals surface area contributed by atoms with Crippen LogP contribution in [0, 0.1) is 0 Å². The third kappa shape index (κ3) is 1.73. The highest BCUT2D eigenvalue weighted by molar-refractivity contribution is 7.92. The van der Waals surface area contributed by atoms with Crippen LogP contribution >= 0.6 is 0 Å². The normalized spacial score (nSPS) is 35.8. The van der Waals surface area contributed by atoms with E-state index in [2.05, 4.69) is 5.32 Å². The van der Waals surface area contributed by atoms with E-state index in [0.717, 1.165) is 13.0 Å². The minimum atomic E-state index is -2.76. The second-order valence-electron chi connectivity index (χ2n) is 3.02. The molecule has 0 amide bonds. The molecule has 1 heterocycles. The summed E-state index contributed by atoms with van der Waals surface area (Å²) in [7, 11) is -2.76. The minimum absolute atomic E-state index is 0.185. The van der Waals surface area contributed by atoms with Crippen molar-refractivity contribution in [3.05, 3.63) is 0 Å². The number of hydrogen-bond donors (Lipinski definition) is 1. The van der Waals surface area contributed by atoms with Gasteiger partial charge in [0.25, 0.3) is 0 Å². The van der Waals surface area contributed by atoms with Gasteiger partial charge in [-0.25, -0.2) is 8.42 Å². The molecule has 2 atom stereocenters.